The molecule has 1 fully saturated rings. The highest BCUT2D eigenvalue weighted by Gasteiger charge is 2.30. The second-order valence-electron chi connectivity index (χ2n) is 4.70. The van der Waals surface area contributed by atoms with E-state index in [0.29, 0.717) is 6.42 Å². The molecule has 0 aliphatic carbocycles. The summed E-state index contributed by atoms with van der Waals surface area (Å²) in [5.74, 6) is -0.753. The molecule has 2 rings (SSSR count). The highest BCUT2D eigenvalue weighted by molar-refractivity contribution is 9.10. The number of rotatable bonds is 4. The zero-order valence-corrected chi connectivity index (χ0v) is 12.2. The number of halogens is 1. The number of hydrogen-bond acceptors (Lipinski definition) is 3. The molecule has 0 spiro atoms. The van der Waals surface area contributed by atoms with E-state index in [1.54, 1.807) is 0 Å². The average molecular weight is 316 g/mol. The molecule has 6 heteroatoms. The van der Waals surface area contributed by atoms with Crippen LogP contribution in [0.1, 0.15) is 31.2 Å². The Hall–Kier alpha value is -0.880. The van der Waals surface area contributed by atoms with Crippen LogP contribution >= 0.6 is 15.9 Å². The Balaban J connectivity index is 2.09. The Morgan fingerprint density at radius 1 is 1.61 bits per heavy atom. The molecule has 100 valence electrons. The summed E-state index contributed by atoms with van der Waals surface area (Å²) in [6.07, 6.45) is 2.42. The van der Waals surface area contributed by atoms with E-state index in [1.807, 2.05) is 11.6 Å². The minimum atomic E-state index is -0.753. The van der Waals surface area contributed by atoms with E-state index in [0.717, 1.165) is 35.2 Å². The summed E-state index contributed by atoms with van der Waals surface area (Å²) in [5.41, 5.74) is 2.14. The van der Waals surface area contributed by atoms with Crippen molar-refractivity contribution in [3.05, 3.63) is 15.9 Å². The van der Waals surface area contributed by atoms with Crippen molar-refractivity contribution in [3.8, 4) is 0 Å². The van der Waals surface area contributed by atoms with Crippen molar-refractivity contribution < 1.29 is 9.90 Å². The van der Waals surface area contributed by atoms with Crippen LogP contribution in [0.5, 0.6) is 0 Å². The molecule has 1 aromatic heterocycles. The number of nitrogens with one attached hydrogen (secondary N) is 1. The van der Waals surface area contributed by atoms with Crippen LogP contribution in [0.3, 0.4) is 0 Å². The molecule has 1 aliphatic rings. The van der Waals surface area contributed by atoms with Crippen molar-refractivity contribution in [2.24, 2.45) is 0 Å². The van der Waals surface area contributed by atoms with Gasteiger partial charge in [0, 0.05) is 19.0 Å². The van der Waals surface area contributed by atoms with Gasteiger partial charge >= 0.3 is 5.97 Å². The lowest BCUT2D eigenvalue weighted by Crippen LogP contribution is -2.36. The van der Waals surface area contributed by atoms with Gasteiger partial charge in [0.05, 0.1) is 15.9 Å². The summed E-state index contributed by atoms with van der Waals surface area (Å²) < 4.78 is 3.03. The average Bonchev–Trinajstić information content (AvgIpc) is 2.89. The maximum Gasteiger partial charge on any atom is 0.320 e. The number of hydrogen-bond donors (Lipinski definition) is 2. The highest BCUT2D eigenvalue weighted by Crippen LogP contribution is 2.25. The Morgan fingerprint density at radius 2 is 2.33 bits per heavy atom. The molecular formula is C12H18BrN3O2. The zero-order valence-electron chi connectivity index (χ0n) is 10.6. The minimum Gasteiger partial charge on any atom is -0.480 e. The number of nitrogens with zero attached hydrogens (tertiary/aromatic N) is 2. The number of aliphatic carboxylic acids is 1. The van der Waals surface area contributed by atoms with Crippen molar-refractivity contribution in [1.82, 2.24) is 15.1 Å². The SMILES string of the molecule is CCn1nc(C)c(Br)c1CC1CCC(C(=O)O)N1. The fourth-order valence-corrected chi connectivity index (χ4v) is 2.92. The lowest BCUT2D eigenvalue weighted by Gasteiger charge is -2.13. The van der Waals surface area contributed by atoms with Gasteiger partial charge in [0.25, 0.3) is 0 Å². The molecule has 1 aliphatic heterocycles. The molecule has 1 saturated heterocycles. The maximum atomic E-state index is 10.9. The van der Waals surface area contributed by atoms with Crippen LogP contribution in [0.2, 0.25) is 0 Å². The van der Waals surface area contributed by atoms with Gasteiger partial charge in [-0.25, -0.2) is 0 Å². The van der Waals surface area contributed by atoms with Crippen molar-refractivity contribution in [2.75, 3.05) is 0 Å². The Bertz CT molecular complexity index is 458. The molecule has 0 bridgehead atoms. The van der Waals surface area contributed by atoms with Crippen molar-refractivity contribution >= 4 is 21.9 Å². The van der Waals surface area contributed by atoms with E-state index in [9.17, 15) is 4.79 Å². The topological polar surface area (TPSA) is 67.2 Å². The van der Waals surface area contributed by atoms with Gasteiger partial charge in [0.1, 0.15) is 6.04 Å². The van der Waals surface area contributed by atoms with Crippen molar-refractivity contribution in [1.29, 1.82) is 0 Å². The van der Waals surface area contributed by atoms with Gasteiger partial charge in [-0.2, -0.15) is 5.10 Å². The van der Waals surface area contributed by atoms with E-state index in [1.165, 1.54) is 0 Å². The van der Waals surface area contributed by atoms with Crippen LogP contribution in [-0.4, -0.2) is 32.9 Å². The largest absolute Gasteiger partial charge is 0.480 e. The highest BCUT2D eigenvalue weighted by atomic mass is 79.9. The van der Waals surface area contributed by atoms with E-state index in [-0.39, 0.29) is 6.04 Å². The predicted octanol–water partition coefficient (Wildman–Crippen LogP) is 1.72. The quantitative estimate of drug-likeness (QED) is 0.888. The lowest BCUT2D eigenvalue weighted by molar-refractivity contribution is -0.139. The first kappa shape index (κ1) is 13.5. The summed E-state index contributed by atoms with van der Waals surface area (Å²) >= 11 is 3.57. The van der Waals surface area contributed by atoms with Crippen LogP contribution in [0.4, 0.5) is 0 Å². The second kappa shape index (κ2) is 5.40. The molecule has 2 unspecified atom stereocenters. The normalized spacial score (nSPS) is 23.5. The molecule has 0 aromatic carbocycles. The van der Waals surface area contributed by atoms with Crippen LogP contribution in [0.15, 0.2) is 4.47 Å². The summed E-state index contributed by atoms with van der Waals surface area (Å²) in [6.45, 7) is 4.86. The van der Waals surface area contributed by atoms with Gasteiger partial charge in [0.15, 0.2) is 0 Å². The van der Waals surface area contributed by atoms with Gasteiger partial charge in [-0.3, -0.25) is 9.48 Å². The van der Waals surface area contributed by atoms with Gasteiger partial charge in [0.2, 0.25) is 0 Å². The molecule has 1 aromatic rings. The van der Waals surface area contributed by atoms with E-state index >= 15 is 0 Å². The molecule has 2 atom stereocenters. The van der Waals surface area contributed by atoms with Crippen LogP contribution in [0.25, 0.3) is 0 Å². The smallest absolute Gasteiger partial charge is 0.320 e. The standard InChI is InChI=1S/C12H18BrN3O2/c1-3-16-10(11(13)7(2)15-16)6-8-4-5-9(14-8)12(17)18/h8-9,14H,3-6H2,1-2H3,(H,17,18). The molecule has 18 heavy (non-hydrogen) atoms. The zero-order chi connectivity index (χ0) is 13.3. The Kier molecular flexibility index (Phi) is 4.07. The maximum absolute atomic E-state index is 10.9. The lowest BCUT2D eigenvalue weighted by atomic mass is 10.1. The van der Waals surface area contributed by atoms with E-state index in [4.69, 9.17) is 5.11 Å². The van der Waals surface area contributed by atoms with Gasteiger partial charge in [-0.1, -0.05) is 0 Å². The van der Waals surface area contributed by atoms with Crippen molar-refractivity contribution in [2.45, 2.75) is 51.7 Å². The first-order valence-electron chi connectivity index (χ1n) is 6.23. The summed E-state index contributed by atoms with van der Waals surface area (Å²) in [5, 5.41) is 16.6. The fourth-order valence-electron chi connectivity index (χ4n) is 2.47. The van der Waals surface area contributed by atoms with Gasteiger partial charge < -0.3 is 10.4 Å². The minimum absolute atomic E-state index is 0.226. The predicted molar refractivity (Wildman–Crippen MR) is 71.6 cm³/mol. The third-order valence-electron chi connectivity index (χ3n) is 3.43. The van der Waals surface area contributed by atoms with Crippen LogP contribution in [0, 0.1) is 6.92 Å². The number of carbonyl (C=O) groups is 1. The van der Waals surface area contributed by atoms with Crippen LogP contribution in [-0.2, 0) is 17.8 Å². The summed E-state index contributed by atoms with van der Waals surface area (Å²) in [7, 11) is 0. The van der Waals surface area contributed by atoms with E-state index in [2.05, 4.69) is 33.3 Å². The molecular weight excluding hydrogens is 298 g/mol. The second-order valence-corrected chi connectivity index (χ2v) is 5.49. The third-order valence-corrected chi connectivity index (χ3v) is 4.46. The van der Waals surface area contributed by atoms with Gasteiger partial charge in [-0.05, 0) is 42.6 Å². The van der Waals surface area contributed by atoms with Gasteiger partial charge in [-0.15, -0.1) is 0 Å². The molecule has 0 amide bonds. The van der Waals surface area contributed by atoms with Crippen molar-refractivity contribution in [3.63, 3.8) is 0 Å². The van der Waals surface area contributed by atoms with Crippen LogP contribution < -0.4 is 5.32 Å². The molecule has 2 heterocycles. The summed E-state index contributed by atoms with van der Waals surface area (Å²) in [4.78, 5) is 10.9. The number of aromatic nitrogens is 2. The van der Waals surface area contributed by atoms with E-state index < -0.39 is 12.0 Å². The molecule has 0 radical (unpaired) electrons. The first-order chi connectivity index (χ1) is 8.52. The Morgan fingerprint density at radius 3 is 2.89 bits per heavy atom. The fraction of sp³-hybridized carbons (Fsp3) is 0.667. The molecule has 5 nitrogen and oxygen atoms in total. The number of aryl methyl sites for hydroxylation is 2. The number of carboxylic acid groups (broad SMARTS) is 1. The molecule has 2 N–H and O–H groups in total. The monoisotopic (exact) mass is 315 g/mol. The third kappa shape index (κ3) is 2.59. The molecule has 0 saturated carbocycles. The number of carboxylic acids is 1. The Labute approximate surface area is 115 Å². The first-order valence-corrected chi connectivity index (χ1v) is 7.02. The summed E-state index contributed by atoms with van der Waals surface area (Å²) in [6, 6.07) is -0.170.